The lowest BCUT2D eigenvalue weighted by Gasteiger charge is -2.33. The molecule has 1 aromatic heterocycles. The number of piperidine rings is 1. The molecule has 0 spiro atoms. The lowest BCUT2D eigenvalue weighted by molar-refractivity contribution is 0.0185. The Morgan fingerprint density at radius 1 is 1.30 bits per heavy atom. The summed E-state index contributed by atoms with van der Waals surface area (Å²) in [5.74, 6) is 2.16. The SMILES string of the molecule is CN=C(NCCCOCc1ccco1)NCC1CCN(C(=O)OC(C)(C)C)CC1.I. The van der Waals surface area contributed by atoms with E-state index in [1.807, 2.05) is 32.9 Å². The van der Waals surface area contributed by atoms with E-state index in [-0.39, 0.29) is 30.1 Å². The van der Waals surface area contributed by atoms with Crippen LogP contribution < -0.4 is 10.6 Å². The molecule has 9 heteroatoms. The quantitative estimate of drug-likeness (QED) is 0.229. The minimum atomic E-state index is -0.447. The fourth-order valence-electron chi connectivity index (χ4n) is 3.06. The molecule has 172 valence electrons. The van der Waals surface area contributed by atoms with E-state index in [9.17, 15) is 4.79 Å². The molecule has 1 fully saturated rings. The van der Waals surface area contributed by atoms with E-state index >= 15 is 0 Å². The number of guanidine groups is 1. The van der Waals surface area contributed by atoms with E-state index in [4.69, 9.17) is 13.9 Å². The molecule has 1 aliphatic heterocycles. The molecule has 0 aliphatic carbocycles. The van der Waals surface area contributed by atoms with Crippen LogP contribution in [0, 0.1) is 5.92 Å². The van der Waals surface area contributed by atoms with E-state index in [0.717, 1.165) is 57.2 Å². The predicted octanol–water partition coefficient (Wildman–Crippen LogP) is 3.62. The first-order valence-electron chi connectivity index (χ1n) is 10.4. The van der Waals surface area contributed by atoms with Crippen molar-refractivity contribution < 1.29 is 18.7 Å². The molecule has 0 atom stereocenters. The maximum absolute atomic E-state index is 12.1. The summed E-state index contributed by atoms with van der Waals surface area (Å²) in [5.41, 5.74) is -0.447. The van der Waals surface area contributed by atoms with Crippen LogP contribution in [0.25, 0.3) is 0 Å². The highest BCUT2D eigenvalue weighted by atomic mass is 127. The van der Waals surface area contributed by atoms with E-state index in [2.05, 4.69) is 15.6 Å². The van der Waals surface area contributed by atoms with Crippen molar-refractivity contribution in [3.05, 3.63) is 24.2 Å². The van der Waals surface area contributed by atoms with Crippen LogP contribution in [0.4, 0.5) is 4.79 Å². The average Bonchev–Trinajstić information content (AvgIpc) is 3.19. The zero-order valence-electron chi connectivity index (χ0n) is 18.6. The van der Waals surface area contributed by atoms with E-state index < -0.39 is 5.60 Å². The van der Waals surface area contributed by atoms with Gasteiger partial charge in [-0.15, -0.1) is 24.0 Å². The zero-order chi connectivity index (χ0) is 21.1. The van der Waals surface area contributed by atoms with E-state index in [1.165, 1.54) is 0 Å². The maximum atomic E-state index is 12.1. The molecule has 1 saturated heterocycles. The molecule has 2 N–H and O–H groups in total. The number of hydrogen-bond acceptors (Lipinski definition) is 5. The Bertz CT molecular complexity index is 623. The molecular formula is C21H37IN4O4. The Balaban J connectivity index is 0.00000450. The molecule has 0 aromatic carbocycles. The number of rotatable bonds is 8. The summed E-state index contributed by atoms with van der Waals surface area (Å²) < 4.78 is 16.2. The fraction of sp³-hybridized carbons (Fsp3) is 0.714. The fourth-order valence-corrected chi connectivity index (χ4v) is 3.06. The molecule has 1 aliphatic rings. The second kappa shape index (κ2) is 13.7. The van der Waals surface area contributed by atoms with Crippen LogP contribution in [0.2, 0.25) is 0 Å². The minimum absolute atomic E-state index is 0. The smallest absolute Gasteiger partial charge is 0.410 e. The van der Waals surface area contributed by atoms with Crippen molar-refractivity contribution in [3.63, 3.8) is 0 Å². The number of amides is 1. The Morgan fingerprint density at radius 3 is 2.63 bits per heavy atom. The van der Waals surface area contributed by atoms with Gasteiger partial charge in [-0.1, -0.05) is 0 Å². The highest BCUT2D eigenvalue weighted by molar-refractivity contribution is 14.0. The number of furan rings is 1. The molecular weight excluding hydrogens is 499 g/mol. The standard InChI is InChI=1S/C21H36N4O4.HI/c1-21(2,3)29-20(26)25-11-8-17(9-12-25)15-24-19(22-4)23-10-6-13-27-16-18-7-5-14-28-18;/h5,7,14,17H,6,8-13,15-16H2,1-4H3,(H2,22,23,24);1H. The Kier molecular flexibility index (Phi) is 12.2. The number of ether oxygens (including phenoxy) is 2. The zero-order valence-corrected chi connectivity index (χ0v) is 20.9. The summed E-state index contributed by atoms with van der Waals surface area (Å²) in [7, 11) is 1.77. The third kappa shape index (κ3) is 10.5. The van der Waals surface area contributed by atoms with Crippen molar-refractivity contribution in [3.8, 4) is 0 Å². The van der Waals surface area contributed by atoms with Gasteiger partial charge in [0.1, 0.15) is 18.0 Å². The predicted molar refractivity (Wildman–Crippen MR) is 128 cm³/mol. The molecule has 0 bridgehead atoms. The van der Waals surface area contributed by atoms with Crippen molar-refractivity contribution in [2.45, 2.75) is 52.2 Å². The summed E-state index contributed by atoms with van der Waals surface area (Å²) in [6, 6.07) is 3.76. The monoisotopic (exact) mass is 536 g/mol. The van der Waals surface area contributed by atoms with Gasteiger partial charge in [-0.05, 0) is 58.1 Å². The molecule has 2 rings (SSSR count). The lowest BCUT2D eigenvalue weighted by atomic mass is 9.97. The molecule has 0 radical (unpaired) electrons. The minimum Gasteiger partial charge on any atom is -0.467 e. The van der Waals surface area contributed by atoms with E-state index in [1.54, 1.807) is 18.2 Å². The summed E-state index contributed by atoms with van der Waals surface area (Å²) in [6.07, 6.45) is 4.25. The number of carbonyl (C=O) groups excluding carboxylic acids is 1. The second-order valence-corrected chi connectivity index (χ2v) is 8.28. The normalized spacial score (nSPS) is 15.5. The number of halogens is 1. The third-order valence-electron chi connectivity index (χ3n) is 4.63. The van der Waals surface area contributed by atoms with Gasteiger partial charge in [0.2, 0.25) is 0 Å². The molecule has 8 nitrogen and oxygen atoms in total. The number of hydrogen-bond donors (Lipinski definition) is 2. The average molecular weight is 536 g/mol. The Labute approximate surface area is 197 Å². The summed E-state index contributed by atoms with van der Waals surface area (Å²) >= 11 is 0. The summed E-state index contributed by atoms with van der Waals surface area (Å²) in [6.45, 7) is 9.95. The van der Waals surface area contributed by atoms with Gasteiger partial charge in [-0.3, -0.25) is 4.99 Å². The summed E-state index contributed by atoms with van der Waals surface area (Å²) in [4.78, 5) is 18.2. The maximum Gasteiger partial charge on any atom is 0.410 e. The lowest BCUT2D eigenvalue weighted by Crippen LogP contribution is -2.45. The van der Waals surface area contributed by atoms with Gasteiger partial charge in [0, 0.05) is 39.8 Å². The largest absolute Gasteiger partial charge is 0.467 e. The van der Waals surface area contributed by atoms with E-state index in [0.29, 0.717) is 19.1 Å². The Morgan fingerprint density at radius 2 is 2.03 bits per heavy atom. The van der Waals surface area contributed by atoms with Crippen molar-refractivity contribution in [1.82, 2.24) is 15.5 Å². The first kappa shape index (κ1) is 26.5. The summed E-state index contributed by atoms with van der Waals surface area (Å²) in [5, 5.41) is 6.69. The third-order valence-corrected chi connectivity index (χ3v) is 4.63. The van der Waals surface area contributed by atoms with Gasteiger partial charge in [-0.25, -0.2) is 4.79 Å². The second-order valence-electron chi connectivity index (χ2n) is 8.28. The van der Waals surface area contributed by atoms with Gasteiger partial charge in [0.25, 0.3) is 0 Å². The van der Waals surface area contributed by atoms with Crippen molar-refractivity contribution >= 4 is 36.0 Å². The van der Waals surface area contributed by atoms with Crippen LogP contribution >= 0.6 is 24.0 Å². The van der Waals surface area contributed by atoms with Gasteiger partial charge in [0.05, 0.1) is 6.26 Å². The number of nitrogens with zero attached hydrogens (tertiary/aromatic N) is 2. The first-order valence-corrected chi connectivity index (χ1v) is 10.4. The van der Waals surface area contributed by atoms with Crippen LogP contribution in [-0.4, -0.2) is 62.4 Å². The Hall–Kier alpha value is -1.49. The van der Waals surface area contributed by atoms with Gasteiger partial charge in [-0.2, -0.15) is 0 Å². The number of carbonyl (C=O) groups is 1. The molecule has 30 heavy (non-hydrogen) atoms. The van der Waals surface area contributed by atoms with Crippen LogP contribution in [0.15, 0.2) is 27.8 Å². The highest BCUT2D eigenvalue weighted by Gasteiger charge is 2.26. The first-order chi connectivity index (χ1) is 13.9. The van der Waals surface area contributed by atoms with Crippen LogP contribution in [0.5, 0.6) is 0 Å². The van der Waals surface area contributed by atoms with Crippen LogP contribution in [0.1, 0.15) is 45.8 Å². The molecule has 2 heterocycles. The van der Waals surface area contributed by atoms with Crippen molar-refractivity contribution in [2.75, 3.05) is 39.8 Å². The van der Waals surface area contributed by atoms with Crippen molar-refractivity contribution in [1.29, 1.82) is 0 Å². The van der Waals surface area contributed by atoms with Crippen LogP contribution in [0.3, 0.4) is 0 Å². The number of likely N-dealkylation sites (tertiary alicyclic amines) is 1. The topological polar surface area (TPSA) is 88.3 Å². The number of aliphatic imine (C=N–C) groups is 1. The van der Waals surface area contributed by atoms with Gasteiger partial charge >= 0.3 is 6.09 Å². The highest BCUT2D eigenvalue weighted by Crippen LogP contribution is 2.19. The van der Waals surface area contributed by atoms with Gasteiger partial charge < -0.3 is 29.4 Å². The van der Waals surface area contributed by atoms with Gasteiger partial charge in [0.15, 0.2) is 5.96 Å². The molecule has 1 aromatic rings. The van der Waals surface area contributed by atoms with Crippen LogP contribution in [-0.2, 0) is 16.1 Å². The number of nitrogens with one attached hydrogen (secondary N) is 2. The van der Waals surface area contributed by atoms with Crippen molar-refractivity contribution in [2.24, 2.45) is 10.9 Å². The molecule has 1 amide bonds. The molecule has 0 saturated carbocycles. The molecule has 0 unspecified atom stereocenters.